The first kappa shape index (κ1) is 16.2. The van der Waals surface area contributed by atoms with Crippen molar-refractivity contribution in [2.24, 2.45) is 17.3 Å². The molecule has 122 valence electrons. The van der Waals surface area contributed by atoms with Gasteiger partial charge in [-0.1, -0.05) is 47.7 Å². The van der Waals surface area contributed by atoms with Crippen molar-refractivity contribution in [3.05, 3.63) is 65.0 Å². The summed E-state index contributed by atoms with van der Waals surface area (Å²) in [6, 6.07) is 16.2. The molecule has 0 aliphatic heterocycles. The molecule has 0 atom stereocenters. The van der Waals surface area contributed by atoms with Crippen molar-refractivity contribution in [3.8, 4) is 5.75 Å². The molecule has 1 heterocycles. The Morgan fingerprint density at radius 1 is 1.17 bits per heavy atom. The summed E-state index contributed by atoms with van der Waals surface area (Å²) in [5.41, 5.74) is 2.26. The van der Waals surface area contributed by atoms with Gasteiger partial charge in [0.25, 0.3) is 0 Å². The van der Waals surface area contributed by atoms with Crippen LogP contribution in [0.15, 0.2) is 64.8 Å². The van der Waals surface area contributed by atoms with E-state index in [1.54, 1.807) is 17.6 Å². The number of hydrogen-bond donors (Lipinski definition) is 0. The van der Waals surface area contributed by atoms with Crippen LogP contribution in [0.3, 0.4) is 0 Å². The van der Waals surface area contributed by atoms with E-state index >= 15 is 0 Å². The van der Waals surface area contributed by atoms with Crippen molar-refractivity contribution < 1.29 is 4.74 Å². The number of thiazole rings is 1. The monoisotopic (exact) mass is 337 g/mol. The molecule has 1 aromatic heterocycles. The number of allylic oxidation sites excluding steroid dienone is 1. The molecule has 0 amide bonds. The van der Waals surface area contributed by atoms with Crippen LogP contribution in [0.25, 0.3) is 16.3 Å². The first-order valence-corrected chi connectivity index (χ1v) is 8.60. The summed E-state index contributed by atoms with van der Waals surface area (Å²) >= 11 is 1.60. The molecule has 24 heavy (non-hydrogen) atoms. The normalized spacial score (nSPS) is 12.7. The van der Waals surface area contributed by atoms with Crippen LogP contribution in [0.2, 0.25) is 0 Å². The fourth-order valence-electron chi connectivity index (χ4n) is 2.31. The Kier molecular flexibility index (Phi) is 5.23. The van der Waals surface area contributed by atoms with E-state index in [-0.39, 0.29) is 0 Å². The third-order valence-corrected chi connectivity index (χ3v) is 4.56. The van der Waals surface area contributed by atoms with E-state index in [4.69, 9.17) is 4.74 Å². The fourth-order valence-corrected chi connectivity index (χ4v) is 3.31. The molecule has 3 rings (SSSR count). The molecular formula is C19H19N3OS. The first-order valence-electron chi connectivity index (χ1n) is 7.79. The molecule has 0 saturated heterocycles. The molecule has 3 aromatic rings. The molecule has 0 aliphatic carbocycles. The van der Waals surface area contributed by atoms with E-state index in [1.165, 1.54) is 0 Å². The molecule has 0 saturated carbocycles. The number of benzene rings is 2. The van der Waals surface area contributed by atoms with Crippen molar-refractivity contribution in [1.29, 1.82) is 0 Å². The number of aryl methyl sites for hydroxylation is 1. The van der Waals surface area contributed by atoms with E-state index in [1.807, 2.05) is 73.2 Å². The van der Waals surface area contributed by atoms with Crippen LogP contribution >= 0.6 is 11.3 Å². The van der Waals surface area contributed by atoms with Crippen molar-refractivity contribution in [1.82, 2.24) is 4.57 Å². The fraction of sp³-hybridized carbons (Fsp3) is 0.158. The van der Waals surface area contributed by atoms with E-state index in [9.17, 15) is 0 Å². The lowest BCUT2D eigenvalue weighted by atomic mass is 10.2. The number of ether oxygens (including phenoxy) is 1. The highest BCUT2D eigenvalue weighted by Gasteiger charge is 2.04. The topological polar surface area (TPSA) is 38.9 Å². The van der Waals surface area contributed by atoms with Gasteiger partial charge in [0, 0.05) is 13.3 Å². The molecule has 5 heteroatoms. The van der Waals surface area contributed by atoms with Crippen LogP contribution in [-0.2, 0) is 7.05 Å². The molecule has 0 spiro atoms. The Bertz CT molecular complexity index is 936. The van der Waals surface area contributed by atoms with Crippen LogP contribution in [0.4, 0.5) is 0 Å². The third-order valence-electron chi connectivity index (χ3n) is 3.48. The summed E-state index contributed by atoms with van der Waals surface area (Å²) < 4.78 is 8.72. The zero-order chi connectivity index (χ0) is 16.8. The van der Waals surface area contributed by atoms with Gasteiger partial charge in [0.2, 0.25) is 4.80 Å². The molecule has 0 N–H and O–H groups in total. The number of nitrogens with zero attached hydrogens (tertiary/aromatic N) is 3. The number of fused-ring (bicyclic) bond motifs is 1. The zero-order valence-corrected chi connectivity index (χ0v) is 14.5. The Morgan fingerprint density at radius 2 is 2.00 bits per heavy atom. The predicted molar refractivity (Wildman–Crippen MR) is 101 cm³/mol. The van der Waals surface area contributed by atoms with Gasteiger partial charge in [-0.2, -0.15) is 5.10 Å². The van der Waals surface area contributed by atoms with Crippen molar-refractivity contribution in [2.45, 2.75) is 6.92 Å². The van der Waals surface area contributed by atoms with Gasteiger partial charge in [-0.15, -0.1) is 5.10 Å². The lowest BCUT2D eigenvalue weighted by molar-refractivity contribution is 0.341. The average molecular weight is 337 g/mol. The van der Waals surface area contributed by atoms with Crippen molar-refractivity contribution >= 4 is 33.8 Å². The van der Waals surface area contributed by atoms with E-state index < -0.39 is 0 Å². The predicted octanol–water partition coefficient (Wildman–Crippen LogP) is 4.24. The first-order chi connectivity index (χ1) is 11.8. The second-order valence-electron chi connectivity index (χ2n) is 5.14. The largest absolute Gasteiger partial charge is 0.494 e. The third kappa shape index (κ3) is 3.81. The minimum atomic E-state index is 0.665. The van der Waals surface area contributed by atoms with Crippen LogP contribution in [0.1, 0.15) is 12.5 Å². The van der Waals surface area contributed by atoms with E-state index in [0.717, 1.165) is 26.3 Å². The highest BCUT2D eigenvalue weighted by Crippen LogP contribution is 2.22. The average Bonchev–Trinajstić information content (AvgIpc) is 2.91. The van der Waals surface area contributed by atoms with Gasteiger partial charge in [0.05, 0.1) is 16.8 Å². The molecule has 0 bridgehead atoms. The van der Waals surface area contributed by atoms with Gasteiger partial charge < -0.3 is 9.30 Å². The van der Waals surface area contributed by atoms with Gasteiger partial charge in [0.1, 0.15) is 5.75 Å². The highest BCUT2D eigenvalue weighted by molar-refractivity contribution is 7.16. The number of hydrogen-bond acceptors (Lipinski definition) is 4. The van der Waals surface area contributed by atoms with Crippen LogP contribution in [0, 0.1) is 0 Å². The smallest absolute Gasteiger partial charge is 0.211 e. The van der Waals surface area contributed by atoms with Crippen molar-refractivity contribution in [2.75, 3.05) is 6.61 Å². The second kappa shape index (κ2) is 7.75. The Hall–Kier alpha value is -2.66. The molecular weight excluding hydrogens is 318 g/mol. The van der Waals surface area contributed by atoms with Gasteiger partial charge >= 0.3 is 0 Å². The lowest BCUT2D eigenvalue weighted by Crippen LogP contribution is -2.08. The van der Waals surface area contributed by atoms with E-state index in [0.29, 0.717) is 6.61 Å². The van der Waals surface area contributed by atoms with Gasteiger partial charge in [0.15, 0.2) is 0 Å². The summed E-state index contributed by atoms with van der Waals surface area (Å²) in [6.07, 6.45) is 5.58. The lowest BCUT2D eigenvalue weighted by Gasteiger charge is -2.02. The maximum Gasteiger partial charge on any atom is 0.211 e. The molecule has 0 fully saturated rings. The summed E-state index contributed by atoms with van der Waals surface area (Å²) in [6.45, 7) is 2.65. The van der Waals surface area contributed by atoms with E-state index in [2.05, 4.69) is 16.3 Å². The summed E-state index contributed by atoms with van der Waals surface area (Å²) in [7, 11) is 1.99. The zero-order valence-electron chi connectivity index (χ0n) is 13.7. The number of aromatic nitrogens is 1. The Morgan fingerprint density at radius 3 is 2.79 bits per heavy atom. The van der Waals surface area contributed by atoms with Gasteiger partial charge in [-0.3, -0.25) is 0 Å². The molecule has 0 aliphatic rings. The molecule has 2 aromatic carbocycles. The Labute approximate surface area is 145 Å². The molecule has 0 unspecified atom stereocenters. The Balaban J connectivity index is 1.80. The molecule has 0 radical (unpaired) electrons. The minimum Gasteiger partial charge on any atom is -0.494 e. The summed E-state index contributed by atoms with van der Waals surface area (Å²) in [4.78, 5) is 0.850. The standard InChI is InChI=1S/C19H19N3OS/c1-3-23-16-11-12-17-18(14-16)24-19(22(17)2)21-20-13-7-10-15-8-5-4-6-9-15/h4-14H,3H2,1-2H3/b10-7+,20-13-,21-19-. The van der Waals surface area contributed by atoms with Gasteiger partial charge in [-0.05, 0) is 36.8 Å². The van der Waals surface area contributed by atoms with Crippen LogP contribution in [-0.4, -0.2) is 17.4 Å². The van der Waals surface area contributed by atoms with Crippen LogP contribution < -0.4 is 9.54 Å². The summed E-state index contributed by atoms with van der Waals surface area (Å²) in [5, 5.41) is 8.45. The van der Waals surface area contributed by atoms with Gasteiger partial charge in [-0.25, -0.2) is 0 Å². The SMILES string of the molecule is CCOc1ccc2c(c1)s\c(=N/N=C\C=C\c1ccccc1)n2C. The van der Waals surface area contributed by atoms with Crippen LogP contribution in [0.5, 0.6) is 5.75 Å². The summed E-state index contributed by atoms with van der Waals surface area (Å²) in [5.74, 6) is 0.882. The maximum atomic E-state index is 5.55. The quantitative estimate of drug-likeness (QED) is 0.507. The maximum absolute atomic E-state index is 5.55. The second-order valence-corrected chi connectivity index (χ2v) is 6.15. The highest BCUT2D eigenvalue weighted by atomic mass is 32.1. The number of rotatable bonds is 5. The minimum absolute atomic E-state index is 0.665. The van der Waals surface area contributed by atoms with Crippen molar-refractivity contribution in [3.63, 3.8) is 0 Å². The molecule has 4 nitrogen and oxygen atoms in total.